The molecule has 0 fully saturated rings. The molecule has 0 spiro atoms. The lowest BCUT2D eigenvalue weighted by atomic mass is 10.1. The summed E-state index contributed by atoms with van der Waals surface area (Å²) in [4.78, 5) is 0. The van der Waals surface area contributed by atoms with Crippen molar-refractivity contribution in [3.63, 3.8) is 0 Å². The molecular weight excluding hydrogens is 323 g/mol. The molecule has 98 valence electrons. The number of nitriles is 1. The summed E-state index contributed by atoms with van der Waals surface area (Å²) in [6.45, 7) is 1.98. The van der Waals surface area contributed by atoms with Gasteiger partial charge in [0.05, 0.1) is 25.3 Å². The Balaban J connectivity index is 2.20. The minimum Gasteiger partial charge on any atom is -0.378 e. The predicted molar refractivity (Wildman–Crippen MR) is 82.5 cm³/mol. The van der Waals surface area contributed by atoms with E-state index in [9.17, 15) is 0 Å². The first-order valence-electron chi connectivity index (χ1n) is 5.42. The number of halogens is 3. The Hall–Kier alpha value is -0.920. The number of hydrogen-bond acceptors (Lipinski definition) is 3. The number of thiophene rings is 1. The molecule has 0 amide bonds. The van der Waals surface area contributed by atoms with Gasteiger partial charge in [-0.15, -0.1) is 11.3 Å². The first kappa shape index (κ1) is 14.5. The highest BCUT2D eigenvalue weighted by molar-refractivity contribution is 7.20. The molecule has 1 unspecified atom stereocenters. The van der Waals surface area contributed by atoms with Crippen molar-refractivity contribution in [2.45, 2.75) is 13.0 Å². The van der Waals surface area contributed by atoms with Gasteiger partial charge in [-0.05, 0) is 31.2 Å². The molecule has 2 nitrogen and oxygen atoms in total. The van der Waals surface area contributed by atoms with E-state index in [4.69, 9.17) is 40.1 Å². The number of hydrogen-bond donors (Lipinski definition) is 1. The van der Waals surface area contributed by atoms with E-state index in [-0.39, 0.29) is 6.04 Å². The van der Waals surface area contributed by atoms with Gasteiger partial charge in [0.2, 0.25) is 0 Å². The second kappa shape index (κ2) is 6.02. The highest BCUT2D eigenvalue weighted by Gasteiger charge is 2.13. The third-order valence-corrected chi connectivity index (χ3v) is 4.45. The van der Waals surface area contributed by atoms with E-state index in [1.165, 1.54) is 11.3 Å². The summed E-state index contributed by atoms with van der Waals surface area (Å²) < 4.78 is 1.33. The molecule has 0 radical (unpaired) electrons. The van der Waals surface area contributed by atoms with E-state index in [0.717, 1.165) is 11.3 Å². The zero-order chi connectivity index (χ0) is 14.0. The molecule has 1 atom stereocenters. The van der Waals surface area contributed by atoms with Crippen LogP contribution < -0.4 is 5.32 Å². The number of anilines is 1. The second-order valence-electron chi connectivity index (χ2n) is 3.95. The Labute approximate surface area is 130 Å². The second-order valence-corrected chi connectivity index (χ2v) is 6.64. The van der Waals surface area contributed by atoms with Gasteiger partial charge in [-0.25, -0.2) is 0 Å². The van der Waals surface area contributed by atoms with E-state index >= 15 is 0 Å². The summed E-state index contributed by atoms with van der Waals surface area (Å²) in [5, 5.41) is 12.5. The van der Waals surface area contributed by atoms with E-state index in [1.54, 1.807) is 12.1 Å². The Kier molecular flexibility index (Phi) is 4.59. The molecule has 2 rings (SSSR count). The van der Waals surface area contributed by atoms with Crippen LogP contribution in [0.1, 0.15) is 24.1 Å². The summed E-state index contributed by atoms with van der Waals surface area (Å²) in [7, 11) is 0. The fourth-order valence-corrected chi connectivity index (χ4v) is 3.54. The van der Waals surface area contributed by atoms with Gasteiger partial charge in [0.1, 0.15) is 6.07 Å². The van der Waals surface area contributed by atoms with Gasteiger partial charge < -0.3 is 5.32 Å². The minimum atomic E-state index is 0.000234. The van der Waals surface area contributed by atoms with Crippen LogP contribution in [0.3, 0.4) is 0 Å². The summed E-state index contributed by atoms with van der Waals surface area (Å²) in [5.41, 5.74) is 2.23. The molecule has 2 aromatic rings. The van der Waals surface area contributed by atoms with Crippen molar-refractivity contribution in [3.8, 4) is 6.07 Å². The maximum absolute atomic E-state index is 8.82. The van der Waals surface area contributed by atoms with Gasteiger partial charge in [-0.1, -0.05) is 34.8 Å². The van der Waals surface area contributed by atoms with Crippen molar-refractivity contribution in [1.29, 1.82) is 5.26 Å². The van der Waals surface area contributed by atoms with Crippen LogP contribution in [-0.2, 0) is 0 Å². The lowest BCUT2D eigenvalue weighted by molar-refractivity contribution is 0.891. The molecule has 1 aromatic carbocycles. The summed E-state index contributed by atoms with van der Waals surface area (Å²) in [6, 6.07) is 9.08. The van der Waals surface area contributed by atoms with Gasteiger partial charge >= 0.3 is 0 Å². The van der Waals surface area contributed by atoms with Gasteiger partial charge in [0, 0.05) is 11.3 Å². The van der Waals surface area contributed by atoms with E-state index < -0.39 is 0 Å². The summed E-state index contributed by atoms with van der Waals surface area (Å²) in [5.74, 6) is 0. The van der Waals surface area contributed by atoms with E-state index in [0.29, 0.717) is 19.3 Å². The van der Waals surface area contributed by atoms with Crippen LogP contribution >= 0.6 is 46.1 Å². The molecule has 1 heterocycles. The fourth-order valence-electron chi connectivity index (χ4n) is 1.67. The minimum absolute atomic E-state index is 0.000234. The van der Waals surface area contributed by atoms with Crippen molar-refractivity contribution < 1.29 is 0 Å². The Morgan fingerprint density at radius 1 is 1.26 bits per heavy atom. The van der Waals surface area contributed by atoms with Gasteiger partial charge in [0.25, 0.3) is 0 Å². The first-order valence-corrected chi connectivity index (χ1v) is 7.37. The standard InChI is InChI=1S/C13H9Cl3N2S/c1-7(10-5-12(15)19-13(10)16)18-9-3-2-8(6-17)11(14)4-9/h2-5,7,18H,1H3. The van der Waals surface area contributed by atoms with Crippen LogP contribution in [0.15, 0.2) is 24.3 Å². The average Bonchev–Trinajstić information content (AvgIpc) is 2.69. The molecule has 0 aliphatic carbocycles. The van der Waals surface area contributed by atoms with Crippen LogP contribution in [0.2, 0.25) is 13.7 Å². The van der Waals surface area contributed by atoms with E-state index in [1.807, 2.05) is 25.1 Å². The number of nitrogens with zero attached hydrogens (tertiary/aromatic N) is 1. The quantitative estimate of drug-likeness (QED) is 0.777. The molecule has 1 N–H and O–H groups in total. The van der Waals surface area contributed by atoms with Gasteiger partial charge in [-0.2, -0.15) is 5.26 Å². The fraction of sp³-hybridized carbons (Fsp3) is 0.154. The third-order valence-electron chi connectivity index (χ3n) is 2.62. The predicted octanol–water partition coefficient (Wildman–Crippen LogP) is 5.75. The molecule has 0 saturated heterocycles. The van der Waals surface area contributed by atoms with Crippen molar-refractivity contribution in [2.75, 3.05) is 5.32 Å². The van der Waals surface area contributed by atoms with Crippen molar-refractivity contribution in [1.82, 2.24) is 0 Å². The lowest BCUT2D eigenvalue weighted by Crippen LogP contribution is -2.06. The average molecular weight is 332 g/mol. The SMILES string of the molecule is CC(Nc1ccc(C#N)c(Cl)c1)c1cc(Cl)sc1Cl. The summed E-state index contributed by atoms with van der Waals surface area (Å²) >= 11 is 19.4. The van der Waals surface area contributed by atoms with Crippen molar-refractivity contribution >= 4 is 51.8 Å². The lowest BCUT2D eigenvalue weighted by Gasteiger charge is -2.15. The highest BCUT2D eigenvalue weighted by atomic mass is 35.5. The first-order chi connectivity index (χ1) is 9.01. The van der Waals surface area contributed by atoms with Crippen LogP contribution in [0.5, 0.6) is 0 Å². The number of benzene rings is 1. The number of nitrogens with one attached hydrogen (secondary N) is 1. The molecular formula is C13H9Cl3N2S. The van der Waals surface area contributed by atoms with Crippen molar-refractivity contribution in [3.05, 3.63) is 49.1 Å². The van der Waals surface area contributed by atoms with Crippen LogP contribution in [0.25, 0.3) is 0 Å². The zero-order valence-electron chi connectivity index (χ0n) is 9.88. The molecule has 0 aliphatic heterocycles. The van der Waals surface area contributed by atoms with E-state index in [2.05, 4.69) is 5.32 Å². The van der Waals surface area contributed by atoms with Crippen LogP contribution in [0.4, 0.5) is 5.69 Å². The molecule has 19 heavy (non-hydrogen) atoms. The Morgan fingerprint density at radius 2 is 2.00 bits per heavy atom. The Bertz CT molecular complexity index is 646. The molecule has 6 heteroatoms. The number of rotatable bonds is 3. The molecule has 0 saturated carbocycles. The largest absolute Gasteiger partial charge is 0.378 e. The molecule has 1 aromatic heterocycles. The Morgan fingerprint density at radius 3 is 2.53 bits per heavy atom. The molecule has 0 aliphatic rings. The highest BCUT2D eigenvalue weighted by Crippen LogP contribution is 2.36. The third kappa shape index (κ3) is 3.34. The van der Waals surface area contributed by atoms with Crippen LogP contribution in [-0.4, -0.2) is 0 Å². The van der Waals surface area contributed by atoms with Crippen molar-refractivity contribution in [2.24, 2.45) is 0 Å². The topological polar surface area (TPSA) is 35.8 Å². The molecule has 0 bridgehead atoms. The maximum atomic E-state index is 8.82. The summed E-state index contributed by atoms with van der Waals surface area (Å²) in [6.07, 6.45) is 0. The normalized spacial score (nSPS) is 11.9. The monoisotopic (exact) mass is 330 g/mol. The van der Waals surface area contributed by atoms with Gasteiger partial charge in [0.15, 0.2) is 0 Å². The van der Waals surface area contributed by atoms with Gasteiger partial charge in [-0.3, -0.25) is 0 Å². The zero-order valence-corrected chi connectivity index (χ0v) is 13.0. The smallest absolute Gasteiger partial charge is 0.101 e. The maximum Gasteiger partial charge on any atom is 0.101 e. The van der Waals surface area contributed by atoms with Crippen LogP contribution in [0, 0.1) is 11.3 Å².